The summed E-state index contributed by atoms with van der Waals surface area (Å²) in [5.74, 6) is -0.103. The van der Waals surface area contributed by atoms with E-state index in [4.69, 9.17) is 18.0 Å². The molecule has 0 fully saturated rings. The molecule has 3 N–H and O–H groups in total. The van der Waals surface area contributed by atoms with Gasteiger partial charge in [-0.25, -0.2) is 0 Å². The molecular formula is C12H15BrN2OS. The van der Waals surface area contributed by atoms with Crippen LogP contribution in [0.2, 0.25) is 0 Å². The molecule has 1 aromatic rings. The number of benzene rings is 1. The molecule has 0 spiro atoms. The molecule has 17 heavy (non-hydrogen) atoms. The lowest BCUT2D eigenvalue weighted by molar-refractivity contribution is 0.0950. The number of amides is 1. The highest BCUT2D eigenvalue weighted by atomic mass is 79.9. The Morgan fingerprint density at radius 3 is 2.82 bits per heavy atom. The van der Waals surface area contributed by atoms with Gasteiger partial charge in [-0.3, -0.25) is 4.79 Å². The quantitative estimate of drug-likeness (QED) is 0.839. The SMILES string of the molecule is Cc1c(Br)cccc1C(=O)NCC(C)C(N)=S. The molecule has 92 valence electrons. The van der Waals surface area contributed by atoms with Crippen molar-refractivity contribution in [3.63, 3.8) is 0 Å². The smallest absolute Gasteiger partial charge is 0.251 e. The standard InChI is InChI=1S/C12H15BrN2OS/c1-7(11(14)17)6-15-12(16)9-4-3-5-10(13)8(9)2/h3-5,7H,6H2,1-2H3,(H2,14,17)(H,15,16). The van der Waals surface area contributed by atoms with Crippen LogP contribution in [0.5, 0.6) is 0 Å². The Morgan fingerprint density at radius 1 is 1.59 bits per heavy atom. The summed E-state index contributed by atoms with van der Waals surface area (Å²) in [7, 11) is 0. The highest BCUT2D eigenvalue weighted by Gasteiger charge is 2.12. The molecule has 0 aliphatic carbocycles. The third kappa shape index (κ3) is 3.78. The van der Waals surface area contributed by atoms with Crippen LogP contribution in [0.4, 0.5) is 0 Å². The normalized spacial score (nSPS) is 11.9. The number of hydrogen-bond donors (Lipinski definition) is 2. The maximum atomic E-state index is 11.9. The van der Waals surface area contributed by atoms with Gasteiger partial charge in [-0.2, -0.15) is 0 Å². The number of nitrogens with two attached hydrogens (primary N) is 1. The van der Waals surface area contributed by atoms with Crippen molar-refractivity contribution in [1.29, 1.82) is 0 Å². The number of halogens is 1. The maximum absolute atomic E-state index is 11.9. The highest BCUT2D eigenvalue weighted by molar-refractivity contribution is 9.10. The molecule has 0 radical (unpaired) electrons. The molecule has 0 aromatic heterocycles. The van der Waals surface area contributed by atoms with Gasteiger partial charge in [0, 0.05) is 22.5 Å². The lowest BCUT2D eigenvalue weighted by atomic mass is 10.1. The zero-order chi connectivity index (χ0) is 13.0. The first kappa shape index (κ1) is 14.1. The molecule has 0 saturated heterocycles. The van der Waals surface area contributed by atoms with Gasteiger partial charge in [0.15, 0.2) is 0 Å². The van der Waals surface area contributed by atoms with Crippen molar-refractivity contribution in [3.05, 3.63) is 33.8 Å². The van der Waals surface area contributed by atoms with Gasteiger partial charge in [0.25, 0.3) is 5.91 Å². The molecule has 0 heterocycles. The Morgan fingerprint density at radius 2 is 2.24 bits per heavy atom. The summed E-state index contributed by atoms with van der Waals surface area (Å²) in [6.45, 7) is 4.24. The topological polar surface area (TPSA) is 55.1 Å². The molecule has 1 amide bonds. The Balaban J connectivity index is 2.71. The zero-order valence-electron chi connectivity index (χ0n) is 9.79. The van der Waals surface area contributed by atoms with Crippen LogP contribution in [0.25, 0.3) is 0 Å². The lowest BCUT2D eigenvalue weighted by Gasteiger charge is -2.12. The molecule has 1 atom stereocenters. The van der Waals surface area contributed by atoms with E-state index in [0.717, 1.165) is 10.0 Å². The van der Waals surface area contributed by atoms with Gasteiger partial charge >= 0.3 is 0 Å². The monoisotopic (exact) mass is 314 g/mol. The number of carbonyl (C=O) groups is 1. The average Bonchev–Trinajstić information content (AvgIpc) is 2.29. The molecule has 3 nitrogen and oxygen atoms in total. The van der Waals surface area contributed by atoms with E-state index >= 15 is 0 Å². The lowest BCUT2D eigenvalue weighted by Crippen LogP contribution is -2.33. The van der Waals surface area contributed by atoms with Crippen LogP contribution in [-0.2, 0) is 0 Å². The molecule has 0 aliphatic rings. The van der Waals surface area contributed by atoms with Crippen LogP contribution >= 0.6 is 28.1 Å². The van der Waals surface area contributed by atoms with E-state index in [0.29, 0.717) is 17.1 Å². The number of carbonyl (C=O) groups excluding carboxylic acids is 1. The fraction of sp³-hybridized carbons (Fsp3) is 0.333. The number of hydrogen-bond acceptors (Lipinski definition) is 2. The minimum absolute atomic E-state index is 0.00130. The van der Waals surface area contributed by atoms with Crippen molar-refractivity contribution in [3.8, 4) is 0 Å². The van der Waals surface area contributed by atoms with Crippen molar-refractivity contribution in [2.75, 3.05) is 6.54 Å². The van der Waals surface area contributed by atoms with Crippen LogP contribution in [0, 0.1) is 12.8 Å². The Labute approximate surface area is 115 Å². The predicted octanol–water partition coefficient (Wildman–Crippen LogP) is 2.41. The largest absolute Gasteiger partial charge is 0.393 e. The summed E-state index contributed by atoms with van der Waals surface area (Å²) in [5, 5.41) is 2.82. The maximum Gasteiger partial charge on any atom is 0.251 e. The van der Waals surface area contributed by atoms with E-state index < -0.39 is 0 Å². The van der Waals surface area contributed by atoms with Gasteiger partial charge in [-0.1, -0.05) is 41.1 Å². The summed E-state index contributed by atoms with van der Waals surface area (Å²) in [6, 6.07) is 5.54. The van der Waals surface area contributed by atoms with Crippen molar-refractivity contribution >= 4 is 39.0 Å². The minimum Gasteiger partial charge on any atom is -0.393 e. The van der Waals surface area contributed by atoms with E-state index in [1.807, 2.05) is 26.0 Å². The third-order valence-electron chi connectivity index (χ3n) is 2.57. The molecule has 0 bridgehead atoms. The van der Waals surface area contributed by atoms with E-state index in [-0.39, 0.29) is 11.8 Å². The molecule has 1 unspecified atom stereocenters. The fourth-order valence-corrected chi connectivity index (χ4v) is 1.74. The van der Waals surface area contributed by atoms with Crippen molar-refractivity contribution in [1.82, 2.24) is 5.32 Å². The van der Waals surface area contributed by atoms with Gasteiger partial charge < -0.3 is 11.1 Å². The summed E-state index contributed by atoms with van der Waals surface area (Å²) < 4.78 is 0.924. The second-order valence-electron chi connectivity index (χ2n) is 3.93. The molecule has 0 saturated carbocycles. The number of nitrogens with one attached hydrogen (secondary N) is 1. The fourth-order valence-electron chi connectivity index (χ4n) is 1.30. The Bertz CT molecular complexity index is 448. The van der Waals surface area contributed by atoms with Gasteiger partial charge in [-0.05, 0) is 24.6 Å². The van der Waals surface area contributed by atoms with Crippen molar-refractivity contribution < 1.29 is 4.79 Å². The summed E-state index contributed by atoms with van der Waals surface area (Å²) in [5.41, 5.74) is 7.07. The van der Waals surface area contributed by atoms with Crippen LogP contribution in [-0.4, -0.2) is 17.4 Å². The predicted molar refractivity (Wildman–Crippen MR) is 77.2 cm³/mol. The van der Waals surface area contributed by atoms with Crippen molar-refractivity contribution in [2.24, 2.45) is 11.7 Å². The molecular weight excluding hydrogens is 300 g/mol. The van der Waals surface area contributed by atoms with E-state index in [1.54, 1.807) is 6.07 Å². The van der Waals surface area contributed by atoms with Crippen LogP contribution in [0.1, 0.15) is 22.8 Å². The molecule has 1 rings (SSSR count). The molecule has 1 aromatic carbocycles. The number of rotatable bonds is 4. The van der Waals surface area contributed by atoms with Crippen molar-refractivity contribution in [2.45, 2.75) is 13.8 Å². The van der Waals surface area contributed by atoms with E-state index in [1.165, 1.54) is 0 Å². The van der Waals surface area contributed by atoms with Crippen LogP contribution in [0.15, 0.2) is 22.7 Å². The number of thiocarbonyl (C=S) groups is 1. The van der Waals surface area contributed by atoms with Gasteiger partial charge in [0.05, 0.1) is 4.99 Å². The first-order valence-corrected chi connectivity index (χ1v) is 6.46. The summed E-state index contributed by atoms with van der Waals surface area (Å²) in [4.78, 5) is 12.3. The van der Waals surface area contributed by atoms with E-state index in [2.05, 4.69) is 21.2 Å². The molecule has 5 heteroatoms. The first-order valence-electron chi connectivity index (χ1n) is 5.26. The zero-order valence-corrected chi connectivity index (χ0v) is 12.2. The Hall–Kier alpha value is -0.940. The summed E-state index contributed by atoms with van der Waals surface area (Å²) in [6.07, 6.45) is 0. The van der Waals surface area contributed by atoms with Gasteiger partial charge in [0.1, 0.15) is 0 Å². The minimum atomic E-state index is -0.105. The third-order valence-corrected chi connectivity index (χ3v) is 3.83. The van der Waals surface area contributed by atoms with Gasteiger partial charge in [0.2, 0.25) is 0 Å². The van der Waals surface area contributed by atoms with Crippen LogP contribution in [0.3, 0.4) is 0 Å². The van der Waals surface area contributed by atoms with Crippen LogP contribution < -0.4 is 11.1 Å². The average molecular weight is 315 g/mol. The first-order chi connectivity index (χ1) is 7.93. The molecule has 0 aliphatic heterocycles. The Kier molecular flexibility index (Phi) is 5.08. The second-order valence-corrected chi connectivity index (χ2v) is 5.25. The summed E-state index contributed by atoms with van der Waals surface area (Å²) >= 11 is 8.25. The van der Waals surface area contributed by atoms with E-state index in [9.17, 15) is 4.79 Å². The second kappa shape index (κ2) is 6.12. The van der Waals surface area contributed by atoms with Gasteiger partial charge in [-0.15, -0.1) is 0 Å². The highest BCUT2D eigenvalue weighted by Crippen LogP contribution is 2.19.